The van der Waals surface area contributed by atoms with Crippen LogP contribution >= 0.6 is 11.6 Å². The minimum atomic E-state index is -0.533. The topological polar surface area (TPSA) is 44.7 Å². The summed E-state index contributed by atoms with van der Waals surface area (Å²) in [5.74, 6) is -0.0677. The van der Waals surface area contributed by atoms with Gasteiger partial charge in [-0.25, -0.2) is 0 Å². The number of carbonyl (C=O) groups is 1. The van der Waals surface area contributed by atoms with Crippen molar-refractivity contribution in [2.24, 2.45) is 4.99 Å². The number of carbonyl (C=O) groups excluding carboxylic acids is 1. The lowest BCUT2D eigenvalue weighted by atomic mass is 9.93. The van der Waals surface area contributed by atoms with Gasteiger partial charge in [0, 0.05) is 22.2 Å². The molecule has 2 aromatic rings. The van der Waals surface area contributed by atoms with Crippen LogP contribution in [0.25, 0.3) is 0 Å². The van der Waals surface area contributed by atoms with Crippen molar-refractivity contribution >= 4 is 28.9 Å². The fourth-order valence-corrected chi connectivity index (χ4v) is 4.54. The maximum Gasteiger partial charge on any atom is 0.264 e. The Hall–Kier alpha value is -2.17. The zero-order chi connectivity index (χ0) is 19.5. The molecule has 1 fully saturated rings. The number of benzene rings is 2. The molecule has 0 spiro atoms. The number of hydrogen-bond acceptors (Lipinski definition) is 3. The summed E-state index contributed by atoms with van der Waals surface area (Å²) in [6, 6.07) is 16.0. The number of fused-ring (bicyclic) bond motifs is 1. The Kier molecular flexibility index (Phi) is 5.79. The summed E-state index contributed by atoms with van der Waals surface area (Å²) in [5.41, 5.74) is 3.44. The highest BCUT2D eigenvalue weighted by Crippen LogP contribution is 2.30. The Morgan fingerprint density at radius 3 is 2.57 bits per heavy atom. The van der Waals surface area contributed by atoms with Gasteiger partial charge in [0.25, 0.3) is 5.91 Å². The van der Waals surface area contributed by atoms with E-state index in [1.54, 1.807) is 0 Å². The first kappa shape index (κ1) is 19.2. The molecule has 5 heteroatoms. The summed E-state index contributed by atoms with van der Waals surface area (Å²) in [4.78, 5) is 20.5. The van der Waals surface area contributed by atoms with Gasteiger partial charge in [-0.1, -0.05) is 68.1 Å². The zero-order valence-electron chi connectivity index (χ0n) is 16.2. The van der Waals surface area contributed by atoms with Gasteiger partial charge < -0.3 is 5.32 Å². The van der Waals surface area contributed by atoms with Crippen LogP contribution in [0.3, 0.4) is 0 Å². The molecule has 4 nitrogen and oxygen atoms in total. The summed E-state index contributed by atoms with van der Waals surface area (Å²) < 4.78 is 0. The minimum absolute atomic E-state index is 0.0677. The SMILES string of the molecule is CCN(C1CCCCC1)C1N=C(c2ccccc2)c2cc(Cl)ccc2NC1=O. The molecule has 0 radical (unpaired) electrons. The number of aliphatic imine (C=N–C) groups is 1. The summed E-state index contributed by atoms with van der Waals surface area (Å²) in [7, 11) is 0. The summed E-state index contributed by atoms with van der Waals surface area (Å²) in [6.07, 6.45) is 5.46. The first-order chi connectivity index (χ1) is 13.7. The van der Waals surface area contributed by atoms with Gasteiger partial charge >= 0.3 is 0 Å². The first-order valence-corrected chi connectivity index (χ1v) is 10.5. The fourth-order valence-electron chi connectivity index (χ4n) is 4.36. The van der Waals surface area contributed by atoms with Gasteiger partial charge in [0.15, 0.2) is 6.17 Å². The van der Waals surface area contributed by atoms with Crippen molar-refractivity contribution in [3.63, 3.8) is 0 Å². The number of likely N-dealkylation sites (N-methyl/N-ethyl adjacent to an activating group) is 1. The molecular formula is C23H26ClN3O. The lowest BCUT2D eigenvalue weighted by molar-refractivity contribution is -0.122. The molecule has 1 aliphatic carbocycles. The number of halogens is 1. The van der Waals surface area contributed by atoms with Crippen LogP contribution in [0.1, 0.15) is 50.2 Å². The lowest BCUT2D eigenvalue weighted by Crippen LogP contribution is -2.48. The summed E-state index contributed by atoms with van der Waals surface area (Å²) in [6.45, 7) is 2.92. The molecule has 1 N–H and O–H groups in total. The largest absolute Gasteiger partial charge is 0.322 e. The number of rotatable bonds is 4. The molecule has 1 heterocycles. The van der Waals surface area contributed by atoms with Gasteiger partial charge in [0.05, 0.1) is 11.4 Å². The molecule has 0 bridgehead atoms. The lowest BCUT2D eigenvalue weighted by Gasteiger charge is -2.36. The maximum absolute atomic E-state index is 13.2. The number of anilines is 1. The van der Waals surface area contributed by atoms with Crippen LogP contribution in [0.5, 0.6) is 0 Å². The van der Waals surface area contributed by atoms with E-state index >= 15 is 0 Å². The number of nitrogens with zero attached hydrogens (tertiary/aromatic N) is 2. The van der Waals surface area contributed by atoms with Crippen molar-refractivity contribution in [1.29, 1.82) is 0 Å². The fraction of sp³-hybridized carbons (Fsp3) is 0.391. The molecular weight excluding hydrogens is 370 g/mol. The Morgan fingerprint density at radius 1 is 1.11 bits per heavy atom. The van der Waals surface area contributed by atoms with Gasteiger partial charge in [-0.05, 0) is 37.6 Å². The Balaban J connectivity index is 1.81. The van der Waals surface area contributed by atoms with Crippen LogP contribution in [0.2, 0.25) is 5.02 Å². The van der Waals surface area contributed by atoms with Crippen LogP contribution in [-0.4, -0.2) is 35.3 Å². The molecule has 28 heavy (non-hydrogen) atoms. The van der Waals surface area contributed by atoms with E-state index in [9.17, 15) is 4.79 Å². The normalized spacial score (nSPS) is 20.3. The third-order valence-electron chi connectivity index (χ3n) is 5.75. The highest BCUT2D eigenvalue weighted by Gasteiger charge is 2.34. The average molecular weight is 396 g/mol. The van der Waals surface area contributed by atoms with Crippen molar-refractivity contribution in [2.45, 2.75) is 51.2 Å². The van der Waals surface area contributed by atoms with Crippen molar-refractivity contribution in [3.05, 3.63) is 64.7 Å². The van der Waals surface area contributed by atoms with Gasteiger partial charge in [-0.2, -0.15) is 0 Å². The highest BCUT2D eigenvalue weighted by atomic mass is 35.5. The van der Waals surface area contributed by atoms with Crippen molar-refractivity contribution in [2.75, 3.05) is 11.9 Å². The van der Waals surface area contributed by atoms with E-state index in [0.717, 1.165) is 41.9 Å². The maximum atomic E-state index is 13.2. The Bertz CT molecular complexity index is 875. The van der Waals surface area contributed by atoms with Crippen molar-refractivity contribution in [1.82, 2.24) is 4.90 Å². The third-order valence-corrected chi connectivity index (χ3v) is 5.99. The van der Waals surface area contributed by atoms with Crippen LogP contribution < -0.4 is 5.32 Å². The number of benzodiazepines with no additional fused rings is 1. The monoisotopic (exact) mass is 395 g/mol. The Labute approximate surface area is 171 Å². The van der Waals surface area contributed by atoms with Gasteiger partial charge in [-0.3, -0.25) is 14.7 Å². The van der Waals surface area contributed by atoms with Crippen molar-refractivity contribution in [3.8, 4) is 0 Å². The van der Waals surface area contributed by atoms with E-state index in [4.69, 9.17) is 16.6 Å². The third kappa shape index (κ3) is 3.85. The highest BCUT2D eigenvalue weighted by molar-refractivity contribution is 6.32. The number of amides is 1. The first-order valence-electron chi connectivity index (χ1n) is 10.2. The number of nitrogens with one attached hydrogen (secondary N) is 1. The zero-order valence-corrected chi connectivity index (χ0v) is 17.0. The van der Waals surface area contributed by atoms with Crippen LogP contribution in [0.15, 0.2) is 53.5 Å². The van der Waals surface area contributed by atoms with Crippen molar-refractivity contribution < 1.29 is 4.79 Å². The molecule has 1 unspecified atom stereocenters. The molecule has 2 aromatic carbocycles. The van der Waals surface area contributed by atoms with E-state index in [-0.39, 0.29) is 5.91 Å². The smallest absolute Gasteiger partial charge is 0.264 e. The van der Waals surface area contributed by atoms with E-state index < -0.39 is 6.17 Å². The van der Waals surface area contributed by atoms with Crippen LogP contribution in [-0.2, 0) is 4.79 Å². The predicted molar refractivity (Wildman–Crippen MR) is 115 cm³/mol. The van der Waals surface area contributed by atoms with E-state index in [0.29, 0.717) is 11.1 Å². The second-order valence-electron chi connectivity index (χ2n) is 7.52. The predicted octanol–water partition coefficient (Wildman–Crippen LogP) is 5.11. The van der Waals surface area contributed by atoms with E-state index in [1.807, 2.05) is 48.5 Å². The molecule has 0 aromatic heterocycles. The second-order valence-corrected chi connectivity index (χ2v) is 7.96. The molecule has 1 amide bonds. The molecule has 146 valence electrons. The van der Waals surface area contributed by atoms with E-state index in [1.165, 1.54) is 19.3 Å². The van der Waals surface area contributed by atoms with Gasteiger partial charge in [-0.15, -0.1) is 0 Å². The summed E-state index contributed by atoms with van der Waals surface area (Å²) >= 11 is 6.29. The van der Waals surface area contributed by atoms with E-state index in [2.05, 4.69) is 17.1 Å². The second kappa shape index (κ2) is 8.46. The molecule has 2 aliphatic rings. The molecule has 1 atom stereocenters. The summed E-state index contributed by atoms with van der Waals surface area (Å²) in [5, 5.41) is 3.73. The van der Waals surface area contributed by atoms with Gasteiger partial charge in [0.1, 0.15) is 0 Å². The van der Waals surface area contributed by atoms with Crippen LogP contribution in [0, 0.1) is 0 Å². The minimum Gasteiger partial charge on any atom is -0.322 e. The molecule has 0 saturated heterocycles. The average Bonchev–Trinajstić information content (AvgIpc) is 2.87. The molecule has 4 rings (SSSR count). The van der Waals surface area contributed by atoms with Crippen LogP contribution in [0.4, 0.5) is 5.69 Å². The molecule has 1 saturated carbocycles. The Morgan fingerprint density at radius 2 is 1.86 bits per heavy atom. The number of hydrogen-bond donors (Lipinski definition) is 1. The standard InChI is InChI=1S/C23H26ClN3O/c1-2-27(18-11-7-4-8-12-18)22-23(28)25-20-14-13-17(24)15-19(20)21(26-22)16-9-5-3-6-10-16/h3,5-6,9-10,13-15,18,22H,2,4,7-8,11-12H2,1H3,(H,25,28). The molecule has 1 aliphatic heterocycles. The quantitative estimate of drug-likeness (QED) is 0.781. The van der Waals surface area contributed by atoms with Gasteiger partial charge in [0.2, 0.25) is 0 Å².